The van der Waals surface area contributed by atoms with Gasteiger partial charge in [0, 0.05) is 49.6 Å². The largest absolute Gasteiger partial charge is 0.507 e. The van der Waals surface area contributed by atoms with Gasteiger partial charge in [-0.05, 0) is 98.1 Å². The predicted molar refractivity (Wildman–Crippen MR) is 280 cm³/mol. The third-order valence-corrected chi connectivity index (χ3v) is 12.9. The molecule has 0 bridgehead atoms. The van der Waals surface area contributed by atoms with Crippen LogP contribution in [0, 0.1) is 12.9 Å². The average molecular weight is 1070 g/mol. The molecule has 1 N–H and O–H groups in total. The Balaban J connectivity index is 0.00000741. The van der Waals surface area contributed by atoms with Crippen molar-refractivity contribution in [1.29, 1.82) is 0 Å². The molecule has 0 radical (unpaired) electrons. The zero-order valence-corrected chi connectivity index (χ0v) is 44.0. The minimum atomic E-state index is -2.35. The molecule has 8 rings (SSSR count). The van der Waals surface area contributed by atoms with Gasteiger partial charge in [0.25, 0.3) is 0 Å². The van der Waals surface area contributed by atoms with E-state index in [0.717, 1.165) is 78.1 Å². The standard InChI is InChI=1S/C62H68N3O.Pt/c1-38(2)40-20-22-41(23-21-40)43-29-30-63-53(35-43)45-32-44(33-47(34-45)60(7,8)9)49-17-16-18-55-56(49)64-58(51-36-48(61(10,11)12)37-52(57(51)66)62(13,14)15)65(55)54-28-19-39(3)31-50(54)42-24-26-46(27-25-42)59(4,5)6;/h16-31,33-38,66H,1-15H3;/q-1;/i3D3,38D;. The molecule has 2 heterocycles. The van der Waals surface area contributed by atoms with Crippen molar-refractivity contribution >= 4 is 11.0 Å². The quantitative estimate of drug-likeness (QED) is 0.162. The maximum Gasteiger partial charge on any atom is 0.148 e. The fourth-order valence-electron chi connectivity index (χ4n) is 8.70. The van der Waals surface area contributed by atoms with Crippen molar-refractivity contribution in [3.8, 4) is 67.5 Å². The topological polar surface area (TPSA) is 50.9 Å². The molecule has 5 heteroatoms. The van der Waals surface area contributed by atoms with Gasteiger partial charge >= 0.3 is 0 Å². The molecule has 4 nitrogen and oxygen atoms in total. The smallest absolute Gasteiger partial charge is 0.148 e. The van der Waals surface area contributed by atoms with Crippen molar-refractivity contribution in [2.24, 2.45) is 0 Å². The summed E-state index contributed by atoms with van der Waals surface area (Å²) in [5.41, 5.74) is 14.1. The van der Waals surface area contributed by atoms with Crippen LogP contribution in [0.5, 0.6) is 5.75 Å². The van der Waals surface area contributed by atoms with Gasteiger partial charge < -0.3 is 5.11 Å². The van der Waals surface area contributed by atoms with E-state index in [1.54, 1.807) is 12.1 Å². The molecule has 0 saturated heterocycles. The van der Waals surface area contributed by atoms with Gasteiger partial charge in [-0.3, -0.25) is 9.55 Å². The second kappa shape index (κ2) is 18.2. The molecule has 0 aliphatic rings. The van der Waals surface area contributed by atoms with E-state index in [-0.39, 0.29) is 48.6 Å². The SMILES string of the molecule is [2H]C([2H])([2H])c1ccc(-n2c(-c3cc(C(C)(C)C)cc(C(C)(C)C)c3O)nc3c(-c4[c-]c(-c5cc(-c6ccc(C([2H])(C)C)cc6)ccn5)cc(C(C)(C)C)c4)cccc32)c(-c2ccc(C(C)(C)C)cc2)c1.[Pt]. The first-order valence-electron chi connectivity index (χ1n) is 25.2. The van der Waals surface area contributed by atoms with E-state index >= 15 is 0 Å². The molecule has 348 valence electrons. The Morgan fingerprint density at radius 2 is 1.22 bits per heavy atom. The molecule has 0 aliphatic carbocycles. The van der Waals surface area contributed by atoms with Crippen molar-refractivity contribution in [3.63, 3.8) is 0 Å². The summed E-state index contributed by atoms with van der Waals surface area (Å²) in [5, 5.41) is 12.6. The van der Waals surface area contributed by atoms with Gasteiger partial charge in [-0.1, -0.05) is 192 Å². The van der Waals surface area contributed by atoms with E-state index in [2.05, 4.69) is 173 Å². The first-order chi connectivity index (χ1) is 32.4. The normalized spacial score (nSPS) is 13.7. The van der Waals surface area contributed by atoms with Crippen LogP contribution in [0.15, 0.2) is 128 Å². The van der Waals surface area contributed by atoms with E-state index in [9.17, 15) is 5.11 Å². The number of phenols is 1. The van der Waals surface area contributed by atoms with E-state index in [0.29, 0.717) is 16.9 Å². The number of aromatic hydroxyl groups is 1. The Morgan fingerprint density at radius 1 is 0.597 bits per heavy atom. The molecule has 0 aliphatic heterocycles. The number of hydrogen-bond acceptors (Lipinski definition) is 3. The van der Waals surface area contributed by atoms with Crippen LogP contribution in [-0.4, -0.2) is 19.6 Å². The molecular weight excluding hydrogens is 998 g/mol. The molecule has 0 unspecified atom stereocenters. The van der Waals surface area contributed by atoms with Gasteiger partial charge in [-0.15, -0.1) is 29.3 Å². The van der Waals surface area contributed by atoms with E-state index in [1.807, 2.05) is 50.4 Å². The van der Waals surface area contributed by atoms with Crippen LogP contribution in [0.4, 0.5) is 0 Å². The number of para-hydroxylation sites is 1. The van der Waals surface area contributed by atoms with Crippen molar-refractivity contribution < 1.29 is 31.7 Å². The summed E-state index contributed by atoms with van der Waals surface area (Å²) in [5.74, 6) is -0.00865. The van der Waals surface area contributed by atoms with E-state index < -0.39 is 18.2 Å². The van der Waals surface area contributed by atoms with Gasteiger partial charge in [0.2, 0.25) is 0 Å². The molecule has 67 heavy (non-hydrogen) atoms. The molecule has 8 aromatic rings. The average Bonchev–Trinajstić information content (AvgIpc) is 3.66. The number of aryl methyl sites for hydroxylation is 1. The summed E-state index contributed by atoms with van der Waals surface area (Å²) < 4.78 is 36.2. The molecule has 6 aromatic carbocycles. The van der Waals surface area contributed by atoms with Crippen LogP contribution in [0.1, 0.15) is 142 Å². The second-order valence-electron chi connectivity index (χ2n) is 22.4. The predicted octanol–water partition coefficient (Wildman–Crippen LogP) is 16.9. The van der Waals surface area contributed by atoms with Crippen LogP contribution >= 0.6 is 0 Å². The fraction of sp³-hybridized carbons (Fsp3) is 0.323. The number of imidazole rings is 1. The Hall–Kier alpha value is -5.57. The van der Waals surface area contributed by atoms with Crippen LogP contribution in [0.3, 0.4) is 0 Å². The van der Waals surface area contributed by atoms with Gasteiger partial charge in [0.15, 0.2) is 0 Å². The Morgan fingerprint density at radius 3 is 1.84 bits per heavy atom. The van der Waals surface area contributed by atoms with Crippen molar-refractivity contribution in [3.05, 3.63) is 167 Å². The summed E-state index contributed by atoms with van der Waals surface area (Å²) in [4.78, 5) is 10.5. The third kappa shape index (κ3) is 10.0. The monoisotopic (exact) mass is 1070 g/mol. The van der Waals surface area contributed by atoms with E-state index in [1.165, 1.54) is 5.56 Å². The van der Waals surface area contributed by atoms with Gasteiger partial charge in [-0.2, -0.15) is 0 Å². The van der Waals surface area contributed by atoms with Crippen molar-refractivity contribution in [2.75, 3.05) is 0 Å². The molecule has 0 amide bonds. The zero-order chi connectivity index (χ0) is 51.1. The Labute approximate surface area is 420 Å². The number of nitrogens with zero attached hydrogens (tertiary/aromatic N) is 3. The summed E-state index contributed by atoms with van der Waals surface area (Å²) in [6.45, 7) is 27.5. The van der Waals surface area contributed by atoms with Gasteiger partial charge in [-0.25, -0.2) is 4.98 Å². The number of hydrogen-bond donors (Lipinski definition) is 1. The molecule has 2 aromatic heterocycles. The number of rotatable bonds is 7. The fourth-order valence-corrected chi connectivity index (χ4v) is 8.70. The van der Waals surface area contributed by atoms with Crippen LogP contribution in [0.25, 0.3) is 72.7 Å². The van der Waals surface area contributed by atoms with Crippen molar-refractivity contribution in [2.45, 2.75) is 131 Å². The van der Waals surface area contributed by atoms with Crippen LogP contribution in [0.2, 0.25) is 0 Å². The van der Waals surface area contributed by atoms with Crippen LogP contribution < -0.4 is 0 Å². The Bertz CT molecular complexity index is 3260. The van der Waals surface area contributed by atoms with Gasteiger partial charge in [0.05, 0.1) is 22.3 Å². The number of pyridine rings is 1. The number of benzene rings is 6. The first-order valence-corrected chi connectivity index (χ1v) is 23.2. The minimum Gasteiger partial charge on any atom is -0.507 e. The summed E-state index contributed by atoms with van der Waals surface area (Å²) in [6, 6.07) is 44.6. The Kier molecular flexibility index (Phi) is 11.9. The molecule has 0 fully saturated rings. The number of fused-ring (bicyclic) bond motifs is 1. The van der Waals surface area contributed by atoms with E-state index in [4.69, 9.17) is 15.5 Å². The first kappa shape index (κ1) is 44.0. The zero-order valence-electron chi connectivity index (χ0n) is 45.7. The summed E-state index contributed by atoms with van der Waals surface area (Å²) in [6.07, 6.45) is 1.84. The van der Waals surface area contributed by atoms with Crippen molar-refractivity contribution in [1.82, 2.24) is 14.5 Å². The summed E-state index contributed by atoms with van der Waals surface area (Å²) in [7, 11) is 0. The van der Waals surface area contributed by atoms with Gasteiger partial charge in [0.1, 0.15) is 11.6 Å². The number of aromatic nitrogens is 3. The third-order valence-electron chi connectivity index (χ3n) is 12.9. The van der Waals surface area contributed by atoms with Crippen LogP contribution in [-0.2, 0) is 42.7 Å². The second-order valence-corrected chi connectivity index (χ2v) is 22.4. The maximum absolute atomic E-state index is 12.6. The maximum atomic E-state index is 12.6. The molecule has 0 saturated carbocycles. The molecule has 0 atom stereocenters. The molecular formula is C62H68N3OPt-. The molecule has 0 spiro atoms. The minimum absolute atomic E-state index is 0. The number of phenolic OH excluding ortho intramolecular Hbond substituents is 1. The summed E-state index contributed by atoms with van der Waals surface area (Å²) >= 11 is 0.